The summed E-state index contributed by atoms with van der Waals surface area (Å²) >= 11 is 12.9. The van der Waals surface area contributed by atoms with E-state index in [0.717, 1.165) is 40.9 Å². The van der Waals surface area contributed by atoms with E-state index in [0.29, 0.717) is 33.0 Å². The Bertz CT molecular complexity index is 1340. The van der Waals surface area contributed by atoms with Crippen LogP contribution in [0.5, 0.6) is 5.75 Å². The number of aliphatic carboxylic acids is 1. The van der Waals surface area contributed by atoms with Crippen LogP contribution in [0.15, 0.2) is 71.3 Å². The second-order valence-corrected chi connectivity index (χ2v) is 9.12. The molecule has 1 fully saturated rings. The molecule has 4 aromatic rings. The van der Waals surface area contributed by atoms with Gasteiger partial charge in [0, 0.05) is 17.0 Å². The highest BCUT2D eigenvalue weighted by Crippen LogP contribution is 2.46. The highest BCUT2D eigenvalue weighted by molar-refractivity contribution is 6.39. The van der Waals surface area contributed by atoms with Crippen molar-refractivity contribution in [1.29, 1.82) is 0 Å². The lowest BCUT2D eigenvalue weighted by Crippen LogP contribution is -2.02. The van der Waals surface area contributed by atoms with Crippen LogP contribution in [0.2, 0.25) is 10.0 Å². The molecule has 172 valence electrons. The third-order valence-corrected chi connectivity index (χ3v) is 6.45. The van der Waals surface area contributed by atoms with Crippen molar-refractivity contribution in [2.24, 2.45) is 0 Å². The molecular weight excluding hydrogens is 473 g/mol. The highest BCUT2D eigenvalue weighted by Gasteiger charge is 2.33. The number of carboxylic acids is 1. The summed E-state index contributed by atoms with van der Waals surface area (Å²) in [5.74, 6) is 0.942. The van der Waals surface area contributed by atoms with Crippen LogP contribution in [-0.2, 0) is 17.8 Å². The molecule has 1 saturated carbocycles. The van der Waals surface area contributed by atoms with Crippen LogP contribution in [0.4, 0.5) is 0 Å². The average Bonchev–Trinajstić information content (AvgIpc) is 3.58. The lowest BCUT2D eigenvalue weighted by atomic mass is 10.0. The van der Waals surface area contributed by atoms with E-state index < -0.39 is 5.97 Å². The first-order chi connectivity index (χ1) is 16.5. The topological polar surface area (TPSA) is 72.6 Å². The summed E-state index contributed by atoms with van der Waals surface area (Å²) in [5, 5.41) is 14.5. The molecule has 34 heavy (non-hydrogen) atoms. The van der Waals surface area contributed by atoms with Crippen molar-refractivity contribution < 1.29 is 19.2 Å². The summed E-state index contributed by atoms with van der Waals surface area (Å²) in [7, 11) is 0. The third kappa shape index (κ3) is 4.67. The average molecular weight is 494 g/mol. The molecule has 1 heterocycles. The van der Waals surface area contributed by atoms with Crippen molar-refractivity contribution >= 4 is 29.2 Å². The Morgan fingerprint density at radius 3 is 2.50 bits per heavy atom. The maximum atomic E-state index is 11.1. The minimum absolute atomic E-state index is 0.0374. The van der Waals surface area contributed by atoms with Crippen LogP contribution >= 0.6 is 23.2 Å². The summed E-state index contributed by atoms with van der Waals surface area (Å²) in [6.45, 7) is 0.234. The zero-order valence-corrected chi connectivity index (χ0v) is 19.6. The molecule has 0 bridgehead atoms. The number of hydrogen-bond acceptors (Lipinski definition) is 4. The fourth-order valence-electron chi connectivity index (χ4n) is 4.05. The monoisotopic (exact) mass is 493 g/mol. The Hall–Kier alpha value is -3.28. The van der Waals surface area contributed by atoms with Gasteiger partial charge in [0.15, 0.2) is 0 Å². The van der Waals surface area contributed by atoms with Crippen molar-refractivity contribution in [3.63, 3.8) is 0 Å². The molecule has 7 heteroatoms. The van der Waals surface area contributed by atoms with Gasteiger partial charge < -0.3 is 14.4 Å². The molecule has 0 aliphatic heterocycles. The number of nitrogens with zero attached hydrogens (tertiary/aromatic N) is 1. The van der Waals surface area contributed by atoms with Crippen molar-refractivity contribution in [2.45, 2.75) is 31.8 Å². The van der Waals surface area contributed by atoms with Gasteiger partial charge in [-0.3, -0.25) is 4.79 Å². The van der Waals surface area contributed by atoms with E-state index in [9.17, 15) is 4.79 Å². The Morgan fingerprint density at radius 2 is 1.76 bits per heavy atom. The van der Waals surface area contributed by atoms with Crippen LogP contribution in [-0.4, -0.2) is 16.2 Å². The standard InChI is InChI=1S/C27H21Cl2NO4/c28-21-8-4-9-22(29)25(21)26-20(27(34-30-26)17-11-12-17)15-33-23-10-2-1-7-19(23)18-6-3-5-16(13-18)14-24(31)32/h1-10,13,17H,11-12,14-15H2,(H,31,32). The maximum absolute atomic E-state index is 11.1. The fraction of sp³-hybridized carbons (Fsp3) is 0.185. The van der Waals surface area contributed by atoms with Crippen LogP contribution in [0.1, 0.15) is 35.6 Å². The number of ether oxygens (including phenoxy) is 1. The van der Waals surface area contributed by atoms with Gasteiger partial charge in [-0.25, -0.2) is 0 Å². The van der Waals surface area contributed by atoms with Crippen molar-refractivity contribution in [3.05, 3.63) is 93.7 Å². The van der Waals surface area contributed by atoms with Gasteiger partial charge >= 0.3 is 5.97 Å². The van der Waals surface area contributed by atoms with E-state index in [4.69, 9.17) is 37.6 Å². The zero-order chi connectivity index (χ0) is 23.7. The number of hydrogen-bond donors (Lipinski definition) is 1. The summed E-state index contributed by atoms with van der Waals surface area (Å²) < 4.78 is 12.1. The first-order valence-corrected chi connectivity index (χ1v) is 11.7. The zero-order valence-electron chi connectivity index (χ0n) is 18.1. The van der Waals surface area contributed by atoms with E-state index in [1.807, 2.05) is 42.5 Å². The van der Waals surface area contributed by atoms with Gasteiger partial charge in [0.25, 0.3) is 0 Å². The number of para-hydroxylation sites is 1. The van der Waals surface area contributed by atoms with Crippen LogP contribution in [0.25, 0.3) is 22.4 Å². The van der Waals surface area contributed by atoms with Gasteiger partial charge in [0.1, 0.15) is 23.8 Å². The Kier molecular flexibility index (Phi) is 6.31. The molecule has 3 aromatic carbocycles. The molecule has 0 amide bonds. The van der Waals surface area contributed by atoms with Crippen LogP contribution < -0.4 is 4.74 Å². The summed E-state index contributed by atoms with van der Waals surface area (Å²) in [6, 6.07) is 20.5. The number of carbonyl (C=O) groups is 1. The fourth-order valence-corrected chi connectivity index (χ4v) is 4.63. The van der Waals surface area contributed by atoms with Crippen molar-refractivity contribution in [3.8, 4) is 28.1 Å². The molecule has 1 N–H and O–H groups in total. The quantitative estimate of drug-likeness (QED) is 0.276. The van der Waals surface area contributed by atoms with Crippen LogP contribution in [0.3, 0.4) is 0 Å². The van der Waals surface area contributed by atoms with Crippen molar-refractivity contribution in [2.75, 3.05) is 0 Å². The molecule has 0 radical (unpaired) electrons. The predicted octanol–water partition coefficient (Wildman–Crippen LogP) is 7.40. The molecule has 0 spiro atoms. The maximum Gasteiger partial charge on any atom is 0.307 e. The number of halogens is 2. The highest BCUT2D eigenvalue weighted by atomic mass is 35.5. The Labute approximate surface area is 206 Å². The van der Waals surface area contributed by atoms with E-state index in [1.165, 1.54) is 0 Å². The SMILES string of the molecule is O=C(O)Cc1cccc(-c2ccccc2OCc2c(-c3c(Cl)cccc3Cl)noc2C2CC2)c1. The molecule has 0 atom stereocenters. The van der Waals surface area contributed by atoms with Gasteiger partial charge in [0.05, 0.1) is 22.0 Å². The molecule has 1 aliphatic rings. The first kappa shape index (κ1) is 22.5. The molecule has 0 unspecified atom stereocenters. The third-order valence-electron chi connectivity index (χ3n) is 5.82. The number of carboxylic acid groups (broad SMARTS) is 1. The van der Waals surface area contributed by atoms with E-state index in [-0.39, 0.29) is 13.0 Å². The van der Waals surface area contributed by atoms with Gasteiger partial charge in [-0.05, 0) is 42.2 Å². The normalized spacial score (nSPS) is 13.1. The largest absolute Gasteiger partial charge is 0.488 e. The van der Waals surface area contributed by atoms with Gasteiger partial charge in [-0.2, -0.15) is 0 Å². The molecule has 1 aliphatic carbocycles. The number of rotatable bonds is 8. The first-order valence-electron chi connectivity index (χ1n) is 11.0. The molecule has 5 rings (SSSR count). The smallest absolute Gasteiger partial charge is 0.307 e. The minimum Gasteiger partial charge on any atom is -0.488 e. The van der Waals surface area contributed by atoms with Gasteiger partial charge in [-0.1, -0.05) is 76.9 Å². The molecule has 0 saturated heterocycles. The predicted molar refractivity (Wildman–Crippen MR) is 131 cm³/mol. The lowest BCUT2D eigenvalue weighted by Gasteiger charge is -2.13. The molecule has 5 nitrogen and oxygen atoms in total. The van der Waals surface area contributed by atoms with Crippen molar-refractivity contribution in [1.82, 2.24) is 5.16 Å². The molecular formula is C27H21Cl2NO4. The second kappa shape index (κ2) is 9.53. The van der Waals surface area contributed by atoms with Gasteiger partial charge in [-0.15, -0.1) is 0 Å². The summed E-state index contributed by atoms with van der Waals surface area (Å²) in [6.07, 6.45) is 2.06. The lowest BCUT2D eigenvalue weighted by molar-refractivity contribution is -0.136. The Morgan fingerprint density at radius 1 is 1.03 bits per heavy atom. The second-order valence-electron chi connectivity index (χ2n) is 8.30. The minimum atomic E-state index is -0.868. The van der Waals surface area contributed by atoms with E-state index >= 15 is 0 Å². The Balaban J connectivity index is 1.48. The summed E-state index contributed by atoms with van der Waals surface area (Å²) in [4.78, 5) is 11.1. The number of benzene rings is 3. The summed E-state index contributed by atoms with van der Waals surface area (Å²) in [5.41, 5.74) is 4.55. The van der Waals surface area contributed by atoms with E-state index in [2.05, 4.69) is 5.16 Å². The number of aromatic nitrogens is 1. The van der Waals surface area contributed by atoms with E-state index in [1.54, 1.807) is 24.3 Å². The molecule has 1 aromatic heterocycles. The van der Waals surface area contributed by atoms with Crippen LogP contribution in [0, 0.1) is 0 Å². The van der Waals surface area contributed by atoms with Gasteiger partial charge in [0.2, 0.25) is 0 Å².